The van der Waals surface area contributed by atoms with Crippen molar-refractivity contribution in [2.24, 2.45) is 10.9 Å². The normalized spacial score (nSPS) is 14.1. The van der Waals surface area contributed by atoms with Crippen molar-refractivity contribution in [2.45, 2.75) is 39.2 Å². The second-order valence-electron chi connectivity index (χ2n) is 4.35. The van der Waals surface area contributed by atoms with Crippen molar-refractivity contribution in [3.8, 4) is 0 Å². The Morgan fingerprint density at radius 2 is 2.18 bits per heavy atom. The van der Waals surface area contributed by atoms with Crippen molar-refractivity contribution < 1.29 is 5.21 Å². The summed E-state index contributed by atoms with van der Waals surface area (Å²) in [6.45, 7) is 6.12. The zero-order valence-electron chi connectivity index (χ0n) is 10.6. The van der Waals surface area contributed by atoms with E-state index >= 15 is 0 Å². The van der Waals surface area contributed by atoms with Crippen LogP contribution in [-0.2, 0) is 0 Å². The number of hydrogen-bond donors (Lipinski definition) is 2. The minimum Gasteiger partial charge on any atom is -0.409 e. The summed E-state index contributed by atoms with van der Waals surface area (Å²) in [5.41, 5.74) is 5.48. The fourth-order valence-electron chi connectivity index (χ4n) is 1.27. The third kappa shape index (κ3) is 3.55. The summed E-state index contributed by atoms with van der Waals surface area (Å²) in [6.07, 6.45) is 0.490. The Hall–Kier alpha value is -1.37. The van der Waals surface area contributed by atoms with Gasteiger partial charge in [0.2, 0.25) is 5.13 Å². The predicted octanol–water partition coefficient (Wildman–Crippen LogP) is 1.62. The van der Waals surface area contributed by atoms with Crippen molar-refractivity contribution >= 4 is 22.5 Å². The maximum absolute atomic E-state index is 8.53. The smallest absolute Gasteiger partial charge is 0.205 e. The van der Waals surface area contributed by atoms with Gasteiger partial charge in [-0.1, -0.05) is 19.0 Å². The standard InChI is InChI=1S/C10H19N5OS/c1-6(2)9-12-10(17-14-9)15(4)7(3)5-8(11)13-16/h6-7,16H,5H2,1-4H3,(H2,11,13). The third-order valence-corrected chi connectivity index (χ3v) is 3.36. The number of anilines is 1. The second-order valence-corrected chi connectivity index (χ2v) is 5.08. The lowest BCUT2D eigenvalue weighted by Crippen LogP contribution is -2.33. The number of rotatable bonds is 5. The van der Waals surface area contributed by atoms with Crippen molar-refractivity contribution in [3.63, 3.8) is 0 Å². The summed E-state index contributed by atoms with van der Waals surface area (Å²) < 4.78 is 4.30. The Labute approximate surface area is 105 Å². The molecule has 0 amide bonds. The highest BCUT2D eigenvalue weighted by Gasteiger charge is 2.16. The second kappa shape index (κ2) is 5.81. The number of hydrogen-bond acceptors (Lipinski definition) is 6. The van der Waals surface area contributed by atoms with Crippen LogP contribution in [0.15, 0.2) is 5.16 Å². The number of nitrogens with zero attached hydrogens (tertiary/aromatic N) is 4. The summed E-state index contributed by atoms with van der Waals surface area (Å²) >= 11 is 1.37. The monoisotopic (exact) mass is 257 g/mol. The first-order valence-electron chi connectivity index (χ1n) is 5.48. The van der Waals surface area contributed by atoms with E-state index < -0.39 is 0 Å². The highest BCUT2D eigenvalue weighted by Crippen LogP contribution is 2.22. The van der Waals surface area contributed by atoms with Crippen molar-refractivity contribution in [2.75, 3.05) is 11.9 Å². The van der Waals surface area contributed by atoms with E-state index in [0.717, 1.165) is 11.0 Å². The number of nitrogens with two attached hydrogens (primary N) is 1. The largest absolute Gasteiger partial charge is 0.409 e. The van der Waals surface area contributed by atoms with Crippen molar-refractivity contribution in [1.82, 2.24) is 9.36 Å². The number of aromatic nitrogens is 2. The van der Waals surface area contributed by atoms with Crippen molar-refractivity contribution in [3.05, 3.63) is 5.82 Å². The molecule has 17 heavy (non-hydrogen) atoms. The molecule has 1 unspecified atom stereocenters. The Bertz CT molecular complexity index is 390. The first-order chi connectivity index (χ1) is 7.95. The fraction of sp³-hybridized carbons (Fsp3) is 0.700. The first kappa shape index (κ1) is 13.7. The van der Waals surface area contributed by atoms with Crippen LogP contribution >= 0.6 is 11.5 Å². The third-order valence-electron chi connectivity index (χ3n) is 2.54. The molecule has 96 valence electrons. The van der Waals surface area contributed by atoms with E-state index in [4.69, 9.17) is 10.9 Å². The first-order valence-corrected chi connectivity index (χ1v) is 6.25. The van der Waals surface area contributed by atoms with Crippen molar-refractivity contribution in [1.29, 1.82) is 0 Å². The van der Waals surface area contributed by atoms with Gasteiger partial charge in [0.25, 0.3) is 0 Å². The molecule has 0 aliphatic carbocycles. The molecule has 1 rings (SSSR count). The van der Waals surface area contributed by atoms with Gasteiger partial charge in [-0.15, -0.1) is 0 Å². The van der Waals surface area contributed by atoms with Crippen LogP contribution < -0.4 is 10.6 Å². The minimum atomic E-state index is 0.110. The number of oxime groups is 1. The average molecular weight is 257 g/mol. The molecule has 1 aromatic heterocycles. The molecule has 0 radical (unpaired) electrons. The lowest BCUT2D eigenvalue weighted by Gasteiger charge is -2.23. The lowest BCUT2D eigenvalue weighted by molar-refractivity contribution is 0.316. The summed E-state index contributed by atoms with van der Waals surface area (Å²) in [5, 5.41) is 12.4. The molecular weight excluding hydrogens is 238 g/mol. The molecule has 6 nitrogen and oxygen atoms in total. The lowest BCUT2D eigenvalue weighted by atomic mass is 10.2. The number of amidine groups is 1. The molecule has 7 heteroatoms. The molecule has 0 aliphatic heterocycles. The van der Waals surface area contributed by atoms with E-state index in [1.165, 1.54) is 11.5 Å². The molecule has 1 atom stereocenters. The molecule has 0 saturated heterocycles. The molecule has 0 bridgehead atoms. The van der Waals surface area contributed by atoms with Gasteiger partial charge in [0.15, 0.2) is 0 Å². The van der Waals surface area contributed by atoms with Gasteiger partial charge < -0.3 is 15.8 Å². The Balaban J connectivity index is 2.71. The van der Waals surface area contributed by atoms with Gasteiger partial charge in [0.1, 0.15) is 11.7 Å². The van der Waals surface area contributed by atoms with Gasteiger partial charge in [-0.2, -0.15) is 4.37 Å². The maximum atomic E-state index is 8.53. The summed E-state index contributed by atoms with van der Waals surface area (Å²) in [4.78, 5) is 6.44. The molecule has 1 aromatic rings. The van der Waals surface area contributed by atoms with Crippen LogP contribution in [0, 0.1) is 0 Å². The van der Waals surface area contributed by atoms with Crippen LogP contribution in [0.25, 0.3) is 0 Å². The molecule has 0 spiro atoms. The fourth-order valence-corrected chi connectivity index (χ4v) is 2.14. The zero-order chi connectivity index (χ0) is 13.0. The van der Waals surface area contributed by atoms with Crippen LogP contribution in [0.3, 0.4) is 0 Å². The Morgan fingerprint density at radius 3 is 2.65 bits per heavy atom. The summed E-state index contributed by atoms with van der Waals surface area (Å²) in [7, 11) is 1.93. The van der Waals surface area contributed by atoms with E-state index in [0.29, 0.717) is 12.3 Å². The van der Waals surface area contributed by atoms with E-state index in [1.807, 2.05) is 18.9 Å². The Morgan fingerprint density at radius 1 is 1.53 bits per heavy atom. The molecule has 0 aromatic carbocycles. The van der Waals surface area contributed by atoms with Crippen LogP contribution in [-0.4, -0.2) is 33.5 Å². The summed E-state index contributed by atoms with van der Waals surface area (Å²) in [6, 6.07) is 0.110. The van der Waals surface area contributed by atoms with Gasteiger partial charge in [0.05, 0.1) is 0 Å². The van der Waals surface area contributed by atoms with Crippen LogP contribution in [0.4, 0.5) is 5.13 Å². The van der Waals surface area contributed by atoms with Gasteiger partial charge >= 0.3 is 0 Å². The van der Waals surface area contributed by atoms with Gasteiger partial charge in [-0.3, -0.25) is 0 Å². The minimum absolute atomic E-state index is 0.110. The van der Waals surface area contributed by atoms with Crippen LogP contribution in [0.5, 0.6) is 0 Å². The van der Waals surface area contributed by atoms with Gasteiger partial charge in [0, 0.05) is 37.0 Å². The molecule has 0 aliphatic rings. The zero-order valence-corrected chi connectivity index (χ0v) is 11.4. The highest BCUT2D eigenvalue weighted by atomic mass is 32.1. The maximum Gasteiger partial charge on any atom is 0.205 e. The van der Waals surface area contributed by atoms with E-state index in [9.17, 15) is 0 Å². The van der Waals surface area contributed by atoms with Crippen LogP contribution in [0.2, 0.25) is 0 Å². The molecule has 0 fully saturated rings. The van der Waals surface area contributed by atoms with Gasteiger partial charge in [-0.05, 0) is 6.92 Å². The van der Waals surface area contributed by atoms with Gasteiger partial charge in [-0.25, -0.2) is 4.98 Å². The predicted molar refractivity (Wildman–Crippen MR) is 69.9 cm³/mol. The molecule has 1 heterocycles. The molecular formula is C10H19N5OS. The average Bonchev–Trinajstić information content (AvgIpc) is 2.77. The molecule has 3 N–H and O–H groups in total. The van der Waals surface area contributed by atoms with E-state index in [2.05, 4.69) is 28.4 Å². The SMILES string of the molecule is CC(C)c1nsc(N(C)C(C)CC(N)=NO)n1. The quantitative estimate of drug-likeness (QED) is 0.362. The highest BCUT2D eigenvalue weighted by molar-refractivity contribution is 7.09. The summed E-state index contributed by atoms with van der Waals surface area (Å²) in [5.74, 6) is 1.40. The molecule has 0 saturated carbocycles. The van der Waals surface area contributed by atoms with Crippen LogP contribution in [0.1, 0.15) is 38.9 Å². The Kier molecular flexibility index (Phi) is 4.68. The van der Waals surface area contributed by atoms with E-state index in [1.54, 1.807) is 0 Å². The van der Waals surface area contributed by atoms with E-state index in [-0.39, 0.29) is 11.9 Å². The topological polar surface area (TPSA) is 87.6 Å².